The Labute approximate surface area is 180 Å². The molecule has 0 saturated carbocycles. The van der Waals surface area contributed by atoms with Gasteiger partial charge in [-0.15, -0.1) is 0 Å². The van der Waals surface area contributed by atoms with Crippen molar-refractivity contribution in [3.05, 3.63) is 59.7 Å². The lowest BCUT2D eigenvalue weighted by molar-refractivity contribution is -0.133. The Kier molecular flexibility index (Phi) is 5.83. The Bertz CT molecular complexity index is 1070. The molecule has 9 heteroatoms. The van der Waals surface area contributed by atoms with Crippen molar-refractivity contribution in [2.75, 3.05) is 37.7 Å². The predicted octanol–water partition coefficient (Wildman–Crippen LogP) is 2.45. The summed E-state index contributed by atoms with van der Waals surface area (Å²) in [6, 6.07) is 7.60. The Morgan fingerprint density at radius 2 is 1.71 bits per heavy atom. The van der Waals surface area contributed by atoms with Gasteiger partial charge in [0.2, 0.25) is 0 Å². The highest BCUT2D eigenvalue weighted by atomic mass is 19.1. The number of aryl methyl sites for hydroxylation is 2. The fourth-order valence-electron chi connectivity index (χ4n) is 3.50. The van der Waals surface area contributed by atoms with E-state index in [4.69, 9.17) is 4.74 Å². The summed E-state index contributed by atoms with van der Waals surface area (Å²) in [5.41, 5.74) is 2.01. The fourth-order valence-corrected chi connectivity index (χ4v) is 3.50. The van der Waals surface area contributed by atoms with Crippen molar-refractivity contribution in [2.24, 2.45) is 0 Å². The van der Waals surface area contributed by atoms with Gasteiger partial charge in [0.1, 0.15) is 35.4 Å². The Balaban J connectivity index is 1.37. The number of carbonyl (C=O) groups is 1. The maximum atomic E-state index is 13.0. The van der Waals surface area contributed by atoms with Crippen LogP contribution in [-0.2, 0) is 4.79 Å². The zero-order valence-corrected chi connectivity index (χ0v) is 17.9. The highest BCUT2D eigenvalue weighted by Gasteiger charge is 2.23. The van der Waals surface area contributed by atoms with Gasteiger partial charge in [0.15, 0.2) is 6.61 Å². The summed E-state index contributed by atoms with van der Waals surface area (Å²) in [5, 5.41) is 0. The van der Waals surface area contributed by atoms with Crippen molar-refractivity contribution >= 4 is 11.7 Å². The number of carbonyl (C=O) groups excluding carboxylic acids is 1. The standard InChI is InChI=1S/C22H25FN6O2/c1-15-16(2)29(14-24-15)21-12-20(25-17(3)26-21)27-8-10-28(11-9-27)22(30)13-31-19-6-4-18(23)5-7-19/h4-7,12,14H,8-11,13H2,1-3H3. The molecule has 3 aromatic rings. The molecule has 1 aliphatic rings. The number of anilines is 1. The largest absolute Gasteiger partial charge is 0.484 e. The van der Waals surface area contributed by atoms with Crippen molar-refractivity contribution in [3.8, 4) is 11.6 Å². The van der Waals surface area contributed by atoms with E-state index in [1.165, 1.54) is 24.3 Å². The minimum atomic E-state index is -0.337. The van der Waals surface area contributed by atoms with E-state index in [0.717, 1.165) is 23.0 Å². The van der Waals surface area contributed by atoms with E-state index in [9.17, 15) is 9.18 Å². The van der Waals surface area contributed by atoms with Crippen LogP contribution in [0, 0.1) is 26.6 Å². The zero-order valence-electron chi connectivity index (χ0n) is 17.9. The van der Waals surface area contributed by atoms with E-state index in [2.05, 4.69) is 19.9 Å². The highest BCUT2D eigenvalue weighted by Crippen LogP contribution is 2.20. The molecule has 1 amide bonds. The molecule has 0 unspecified atom stereocenters. The molecule has 0 spiro atoms. The normalized spacial score (nSPS) is 14.1. The van der Waals surface area contributed by atoms with Crippen molar-refractivity contribution in [1.82, 2.24) is 24.4 Å². The lowest BCUT2D eigenvalue weighted by Crippen LogP contribution is -2.50. The van der Waals surface area contributed by atoms with E-state index in [1.54, 1.807) is 11.2 Å². The second-order valence-electron chi connectivity index (χ2n) is 7.53. The van der Waals surface area contributed by atoms with E-state index in [1.807, 2.05) is 31.4 Å². The Morgan fingerprint density at radius 3 is 2.35 bits per heavy atom. The number of aromatic nitrogens is 4. The summed E-state index contributed by atoms with van der Waals surface area (Å²) in [6.45, 7) is 8.27. The lowest BCUT2D eigenvalue weighted by Gasteiger charge is -2.35. The first-order valence-corrected chi connectivity index (χ1v) is 10.2. The van der Waals surface area contributed by atoms with E-state index < -0.39 is 0 Å². The van der Waals surface area contributed by atoms with Crippen LogP contribution in [0.15, 0.2) is 36.7 Å². The molecule has 4 rings (SSSR count). The quantitative estimate of drug-likeness (QED) is 0.626. The summed E-state index contributed by atoms with van der Waals surface area (Å²) in [7, 11) is 0. The molecule has 0 bridgehead atoms. The van der Waals surface area contributed by atoms with Gasteiger partial charge in [0, 0.05) is 37.9 Å². The molecule has 0 atom stereocenters. The van der Waals surface area contributed by atoms with Gasteiger partial charge < -0.3 is 14.5 Å². The molecule has 1 saturated heterocycles. The van der Waals surface area contributed by atoms with Crippen LogP contribution in [0.25, 0.3) is 5.82 Å². The summed E-state index contributed by atoms with van der Waals surface area (Å²) < 4.78 is 20.4. The van der Waals surface area contributed by atoms with Gasteiger partial charge in [-0.3, -0.25) is 9.36 Å². The highest BCUT2D eigenvalue weighted by molar-refractivity contribution is 5.78. The number of piperazine rings is 1. The number of halogens is 1. The number of amides is 1. The summed E-state index contributed by atoms with van der Waals surface area (Å²) in [6.07, 6.45) is 1.77. The molecule has 0 radical (unpaired) electrons. The second kappa shape index (κ2) is 8.71. The van der Waals surface area contributed by atoms with Crippen molar-refractivity contribution < 1.29 is 13.9 Å². The molecule has 3 heterocycles. The first-order valence-electron chi connectivity index (χ1n) is 10.2. The summed E-state index contributed by atoms with van der Waals surface area (Å²) in [5.74, 6) is 2.35. The number of rotatable bonds is 5. The van der Waals surface area contributed by atoms with Crippen LogP contribution < -0.4 is 9.64 Å². The maximum absolute atomic E-state index is 13.0. The molecular weight excluding hydrogens is 399 g/mol. The average molecular weight is 424 g/mol. The minimum Gasteiger partial charge on any atom is -0.484 e. The Hall–Kier alpha value is -3.49. The number of imidazole rings is 1. The van der Waals surface area contributed by atoms with Crippen LogP contribution >= 0.6 is 0 Å². The molecule has 31 heavy (non-hydrogen) atoms. The van der Waals surface area contributed by atoms with Crippen LogP contribution in [0.1, 0.15) is 17.2 Å². The minimum absolute atomic E-state index is 0.0678. The first-order chi connectivity index (χ1) is 14.9. The van der Waals surface area contributed by atoms with Gasteiger partial charge in [-0.05, 0) is 45.0 Å². The third kappa shape index (κ3) is 4.65. The van der Waals surface area contributed by atoms with Gasteiger partial charge in [0.05, 0.1) is 5.69 Å². The van der Waals surface area contributed by atoms with Gasteiger partial charge in [-0.2, -0.15) is 0 Å². The first kappa shape index (κ1) is 20.8. The van der Waals surface area contributed by atoms with Crippen LogP contribution in [0.5, 0.6) is 5.75 Å². The van der Waals surface area contributed by atoms with Gasteiger partial charge in [-0.1, -0.05) is 0 Å². The van der Waals surface area contributed by atoms with Gasteiger partial charge in [-0.25, -0.2) is 19.3 Å². The third-order valence-corrected chi connectivity index (χ3v) is 5.44. The van der Waals surface area contributed by atoms with Crippen LogP contribution in [0.4, 0.5) is 10.2 Å². The SMILES string of the molecule is Cc1nc(N2CCN(C(=O)COc3ccc(F)cc3)CC2)cc(-n2cnc(C)c2C)n1. The average Bonchev–Trinajstić information content (AvgIpc) is 3.11. The molecule has 1 aromatic carbocycles. The molecule has 1 aliphatic heterocycles. The second-order valence-corrected chi connectivity index (χ2v) is 7.53. The molecule has 0 N–H and O–H groups in total. The number of ether oxygens (including phenoxy) is 1. The van der Waals surface area contributed by atoms with Crippen molar-refractivity contribution in [3.63, 3.8) is 0 Å². The number of hydrogen-bond acceptors (Lipinski definition) is 6. The van der Waals surface area contributed by atoms with Crippen molar-refractivity contribution in [1.29, 1.82) is 0 Å². The zero-order chi connectivity index (χ0) is 22.0. The van der Waals surface area contributed by atoms with Gasteiger partial charge >= 0.3 is 0 Å². The number of nitrogens with zero attached hydrogens (tertiary/aromatic N) is 6. The molecule has 8 nitrogen and oxygen atoms in total. The molecule has 162 valence electrons. The molecule has 1 fully saturated rings. The third-order valence-electron chi connectivity index (χ3n) is 5.44. The predicted molar refractivity (Wildman–Crippen MR) is 114 cm³/mol. The molecule has 2 aromatic heterocycles. The summed E-state index contributed by atoms with van der Waals surface area (Å²) in [4.78, 5) is 29.9. The van der Waals surface area contributed by atoms with Crippen LogP contribution in [0.3, 0.4) is 0 Å². The van der Waals surface area contributed by atoms with E-state index in [-0.39, 0.29) is 18.3 Å². The molecule has 0 aliphatic carbocycles. The number of hydrogen-bond donors (Lipinski definition) is 0. The van der Waals surface area contributed by atoms with Crippen molar-refractivity contribution in [2.45, 2.75) is 20.8 Å². The monoisotopic (exact) mass is 424 g/mol. The van der Waals surface area contributed by atoms with Crippen LogP contribution in [0.2, 0.25) is 0 Å². The van der Waals surface area contributed by atoms with E-state index in [0.29, 0.717) is 37.8 Å². The summed E-state index contributed by atoms with van der Waals surface area (Å²) >= 11 is 0. The number of benzene rings is 1. The van der Waals surface area contributed by atoms with Gasteiger partial charge in [0.25, 0.3) is 5.91 Å². The van der Waals surface area contributed by atoms with Crippen LogP contribution in [-0.4, -0.2) is 63.1 Å². The lowest BCUT2D eigenvalue weighted by atomic mass is 10.3. The topological polar surface area (TPSA) is 76.4 Å². The van der Waals surface area contributed by atoms with E-state index >= 15 is 0 Å². The molecular formula is C22H25FN6O2. The smallest absolute Gasteiger partial charge is 0.260 e. The fraction of sp³-hybridized carbons (Fsp3) is 0.364. The Morgan fingerprint density at radius 1 is 1.03 bits per heavy atom. The maximum Gasteiger partial charge on any atom is 0.260 e.